The molecule has 0 aliphatic carbocycles. The number of ether oxygens (including phenoxy) is 3. The highest BCUT2D eigenvalue weighted by Gasteiger charge is 2.56. The zero-order valence-electron chi connectivity index (χ0n) is 23.3. The van der Waals surface area contributed by atoms with Crippen LogP contribution in [0.4, 0.5) is 10.3 Å². The van der Waals surface area contributed by atoms with Gasteiger partial charge in [-0.2, -0.15) is 15.1 Å². The number of hydrogen-bond donors (Lipinski definition) is 3. The van der Waals surface area contributed by atoms with Crippen LogP contribution in [0.5, 0.6) is 11.6 Å². The number of imidazole rings is 1. The maximum absolute atomic E-state index is 16.0. The van der Waals surface area contributed by atoms with E-state index < -0.39 is 56.6 Å². The number of nitrogens with two attached hydrogens (primary N) is 1. The Morgan fingerprint density at radius 1 is 1.29 bits per heavy atom. The van der Waals surface area contributed by atoms with Crippen molar-refractivity contribution in [2.24, 2.45) is 0 Å². The van der Waals surface area contributed by atoms with Crippen LogP contribution in [0.25, 0.3) is 11.2 Å². The van der Waals surface area contributed by atoms with Gasteiger partial charge in [0.2, 0.25) is 11.8 Å². The summed E-state index contributed by atoms with van der Waals surface area (Å²) in [4.78, 5) is 24.8. The SMILES string of the molecule is CCOc1nc(N)nc2c1ncn2[C@@H]1O[C@H](CO[P@@](=O)(N[C@H](C)C(=O)OC(C)C)Oc2ccccc2)[C@@H](O)[C@@]1(C)F. The number of aromatic nitrogens is 4. The van der Waals surface area contributed by atoms with E-state index in [-0.39, 0.29) is 35.3 Å². The minimum absolute atomic E-state index is 0.114. The van der Waals surface area contributed by atoms with Gasteiger partial charge in [-0.05, 0) is 46.8 Å². The van der Waals surface area contributed by atoms with Crippen LogP contribution in [-0.2, 0) is 23.4 Å². The van der Waals surface area contributed by atoms with Gasteiger partial charge in [0.1, 0.15) is 24.0 Å². The summed E-state index contributed by atoms with van der Waals surface area (Å²) in [6.45, 7) is 7.38. The number of alkyl halides is 1. The van der Waals surface area contributed by atoms with Crippen molar-refractivity contribution < 1.29 is 42.1 Å². The van der Waals surface area contributed by atoms with E-state index in [9.17, 15) is 14.5 Å². The number of carbonyl (C=O) groups is 1. The number of para-hydroxylation sites is 1. The van der Waals surface area contributed by atoms with Gasteiger partial charge >= 0.3 is 13.7 Å². The van der Waals surface area contributed by atoms with E-state index in [1.54, 1.807) is 51.1 Å². The minimum atomic E-state index is -4.29. The number of halogens is 1. The first-order chi connectivity index (χ1) is 19.3. The highest BCUT2D eigenvalue weighted by Crippen LogP contribution is 2.48. The molecule has 0 radical (unpaired) electrons. The number of nitrogens with one attached hydrogen (secondary N) is 1. The van der Waals surface area contributed by atoms with Gasteiger partial charge in [0.25, 0.3) is 0 Å². The average molecular weight is 597 g/mol. The van der Waals surface area contributed by atoms with Crippen LogP contribution in [0, 0.1) is 0 Å². The van der Waals surface area contributed by atoms with Gasteiger partial charge in [0.05, 0.1) is 25.6 Å². The summed E-state index contributed by atoms with van der Waals surface area (Å²) < 4.78 is 58.8. The van der Waals surface area contributed by atoms with E-state index in [1.165, 1.54) is 17.8 Å². The number of esters is 1. The summed E-state index contributed by atoms with van der Waals surface area (Å²) in [5.41, 5.74) is 3.79. The van der Waals surface area contributed by atoms with Crippen molar-refractivity contribution in [2.45, 2.75) is 70.9 Å². The number of nitrogens with zero attached hydrogens (tertiary/aromatic N) is 4. The number of fused-ring (bicyclic) bond motifs is 1. The van der Waals surface area contributed by atoms with E-state index in [0.29, 0.717) is 0 Å². The van der Waals surface area contributed by atoms with E-state index in [0.717, 1.165) is 6.92 Å². The topological polar surface area (TPSA) is 182 Å². The fraction of sp³-hybridized carbons (Fsp3) is 0.520. The first-order valence-corrected chi connectivity index (χ1v) is 14.5. The second-order valence-electron chi connectivity index (χ2n) is 9.80. The van der Waals surface area contributed by atoms with Crippen molar-refractivity contribution >= 4 is 30.8 Å². The number of anilines is 1. The Bertz CT molecular complexity index is 1410. The average Bonchev–Trinajstić information content (AvgIpc) is 3.41. The molecule has 6 atom stereocenters. The molecule has 1 aliphatic rings. The Kier molecular flexibility index (Phi) is 9.14. The molecule has 1 saturated heterocycles. The molecule has 0 bridgehead atoms. The summed E-state index contributed by atoms with van der Waals surface area (Å²) in [5.74, 6) is -0.519. The summed E-state index contributed by atoms with van der Waals surface area (Å²) in [6.07, 6.45) is -3.61. The molecule has 3 heterocycles. The Labute approximate surface area is 235 Å². The van der Waals surface area contributed by atoms with Crippen LogP contribution in [0.2, 0.25) is 0 Å². The van der Waals surface area contributed by atoms with Crippen molar-refractivity contribution in [1.82, 2.24) is 24.6 Å². The van der Waals surface area contributed by atoms with Gasteiger partial charge in [-0.1, -0.05) is 18.2 Å². The summed E-state index contributed by atoms with van der Waals surface area (Å²) in [5, 5.41) is 13.4. The Balaban J connectivity index is 1.56. The van der Waals surface area contributed by atoms with Crippen LogP contribution in [0.1, 0.15) is 40.8 Å². The smallest absolute Gasteiger partial charge is 0.459 e. The number of hydrogen-bond acceptors (Lipinski definition) is 12. The van der Waals surface area contributed by atoms with Crippen LogP contribution in [-0.4, -0.2) is 73.8 Å². The molecule has 1 aromatic carbocycles. The number of benzene rings is 1. The molecule has 1 aliphatic heterocycles. The predicted octanol–water partition coefficient (Wildman–Crippen LogP) is 2.93. The van der Waals surface area contributed by atoms with E-state index in [4.69, 9.17) is 29.0 Å². The molecule has 2 aromatic heterocycles. The van der Waals surface area contributed by atoms with Crippen LogP contribution in [0.3, 0.4) is 0 Å². The maximum Gasteiger partial charge on any atom is 0.459 e. The molecule has 3 aromatic rings. The van der Waals surface area contributed by atoms with Gasteiger partial charge in [0.15, 0.2) is 23.1 Å². The predicted molar refractivity (Wildman–Crippen MR) is 145 cm³/mol. The first kappa shape index (κ1) is 30.6. The third-order valence-corrected chi connectivity index (χ3v) is 7.74. The van der Waals surface area contributed by atoms with Crippen LogP contribution >= 0.6 is 7.75 Å². The Morgan fingerprint density at radius 3 is 2.66 bits per heavy atom. The number of nitrogen functional groups attached to an aromatic ring is 1. The van der Waals surface area contributed by atoms with Crippen molar-refractivity contribution in [3.05, 3.63) is 36.7 Å². The van der Waals surface area contributed by atoms with Crippen molar-refractivity contribution in [3.8, 4) is 11.6 Å². The van der Waals surface area contributed by atoms with E-state index >= 15 is 4.39 Å². The highest BCUT2D eigenvalue weighted by molar-refractivity contribution is 7.52. The number of carbonyl (C=O) groups excluding carboxylic acids is 1. The van der Waals surface area contributed by atoms with E-state index in [2.05, 4.69) is 20.0 Å². The monoisotopic (exact) mass is 596 g/mol. The number of rotatable bonds is 12. The largest absolute Gasteiger partial charge is 0.476 e. The number of aliphatic hydroxyl groups is 1. The second kappa shape index (κ2) is 12.2. The van der Waals surface area contributed by atoms with Crippen LogP contribution < -0.4 is 20.1 Å². The molecule has 1 fully saturated rings. The quantitative estimate of drug-likeness (QED) is 0.205. The van der Waals surface area contributed by atoms with Gasteiger partial charge < -0.3 is 29.6 Å². The zero-order chi connectivity index (χ0) is 29.9. The molecule has 0 spiro atoms. The molecular weight excluding hydrogens is 562 g/mol. The number of aliphatic hydroxyl groups excluding tert-OH is 1. The lowest BCUT2D eigenvalue weighted by molar-refractivity contribution is -0.149. The molecule has 16 heteroatoms. The van der Waals surface area contributed by atoms with Gasteiger partial charge in [0, 0.05) is 0 Å². The standard InChI is InChI=1S/C25H34FN6O8P/c1-6-36-21-18-20(29-24(27)30-21)32(13-28-18)23-25(5,26)19(33)17(39-23)12-37-41(35,40-16-10-8-7-9-11-16)31-15(4)22(34)38-14(2)3/h7-11,13-15,17,19,23,33H,6,12H2,1-5H3,(H,31,35)(H2,27,29,30)/t15-,17-,19-,23-,25-,41+/m1/s1. The summed E-state index contributed by atoms with van der Waals surface area (Å²) in [7, 11) is -4.29. The molecule has 4 rings (SSSR count). The molecule has 224 valence electrons. The first-order valence-electron chi connectivity index (χ1n) is 13.0. The normalized spacial score (nSPS) is 24.7. The lowest BCUT2D eigenvalue weighted by Crippen LogP contribution is -2.41. The van der Waals surface area contributed by atoms with Gasteiger partial charge in [-0.3, -0.25) is 13.9 Å². The fourth-order valence-electron chi connectivity index (χ4n) is 4.17. The lowest BCUT2D eigenvalue weighted by Gasteiger charge is -2.25. The third kappa shape index (κ3) is 6.76. The van der Waals surface area contributed by atoms with Gasteiger partial charge in [-0.15, -0.1) is 0 Å². The second-order valence-corrected chi connectivity index (χ2v) is 11.5. The van der Waals surface area contributed by atoms with Crippen molar-refractivity contribution in [3.63, 3.8) is 0 Å². The summed E-state index contributed by atoms with van der Waals surface area (Å²) in [6, 6.07) is 7.03. The molecule has 0 unspecified atom stereocenters. The van der Waals surface area contributed by atoms with Gasteiger partial charge in [-0.25, -0.2) is 13.9 Å². The lowest BCUT2D eigenvalue weighted by atomic mass is 9.98. The maximum atomic E-state index is 16.0. The van der Waals surface area contributed by atoms with Crippen molar-refractivity contribution in [2.75, 3.05) is 18.9 Å². The molecule has 0 saturated carbocycles. The molecule has 41 heavy (non-hydrogen) atoms. The molecule has 0 amide bonds. The fourth-order valence-corrected chi connectivity index (χ4v) is 5.67. The Morgan fingerprint density at radius 2 is 2.00 bits per heavy atom. The molecule has 14 nitrogen and oxygen atoms in total. The highest BCUT2D eigenvalue weighted by atomic mass is 31.2. The van der Waals surface area contributed by atoms with E-state index in [1.807, 2.05) is 0 Å². The molecule has 4 N–H and O–H groups in total. The minimum Gasteiger partial charge on any atom is -0.476 e. The van der Waals surface area contributed by atoms with Crippen molar-refractivity contribution in [1.29, 1.82) is 0 Å². The Hall–Kier alpha value is -3.36. The summed E-state index contributed by atoms with van der Waals surface area (Å²) >= 11 is 0. The van der Waals surface area contributed by atoms with Crippen LogP contribution in [0.15, 0.2) is 36.7 Å². The third-order valence-electron chi connectivity index (χ3n) is 6.09. The zero-order valence-corrected chi connectivity index (χ0v) is 24.2. The molecular formula is C25H34FN6O8P.